The Hall–Kier alpha value is -4.11. The molecule has 4 aromatic rings. The highest BCUT2D eigenvalue weighted by atomic mass is 32.2. The van der Waals surface area contributed by atoms with Crippen molar-refractivity contribution in [3.63, 3.8) is 0 Å². The highest BCUT2D eigenvalue weighted by molar-refractivity contribution is 7.92. The molecule has 0 saturated carbocycles. The van der Waals surface area contributed by atoms with Gasteiger partial charge in [-0.15, -0.1) is 0 Å². The molecule has 0 aliphatic heterocycles. The molecule has 180 valence electrons. The fourth-order valence-electron chi connectivity index (χ4n) is 3.65. The lowest BCUT2D eigenvalue weighted by atomic mass is 10.1. The molecule has 0 aliphatic rings. The monoisotopic (exact) mass is 490 g/mol. The van der Waals surface area contributed by atoms with Gasteiger partial charge in [-0.2, -0.15) is 5.10 Å². The summed E-state index contributed by atoms with van der Waals surface area (Å²) in [5.41, 5.74) is 6.33. The summed E-state index contributed by atoms with van der Waals surface area (Å²) in [6, 6.07) is 18.3. The molecule has 0 spiro atoms. The number of anilines is 1. The number of ether oxygens (including phenoxy) is 1. The molecule has 0 fully saturated rings. The van der Waals surface area contributed by atoms with Crippen LogP contribution in [0.1, 0.15) is 35.3 Å². The summed E-state index contributed by atoms with van der Waals surface area (Å²) >= 11 is 0. The molecule has 3 N–H and O–H groups in total. The van der Waals surface area contributed by atoms with E-state index < -0.39 is 15.9 Å². The third kappa shape index (κ3) is 5.52. The molecule has 0 bridgehead atoms. The van der Waals surface area contributed by atoms with Crippen molar-refractivity contribution in [3.8, 4) is 5.75 Å². The predicted molar refractivity (Wildman–Crippen MR) is 138 cm³/mol. The highest BCUT2D eigenvalue weighted by Crippen LogP contribution is 2.21. The quantitative estimate of drug-likeness (QED) is 0.233. The number of sulfonamides is 1. The van der Waals surface area contributed by atoms with Crippen LogP contribution in [-0.4, -0.2) is 32.1 Å². The largest absolute Gasteiger partial charge is 0.494 e. The van der Waals surface area contributed by atoms with Crippen LogP contribution < -0.4 is 14.9 Å². The Balaban J connectivity index is 1.39. The number of carbonyl (C=O) groups is 1. The van der Waals surface area contributed by atoms with Gasteiger partial charge in [0.05, 0.1) is 17.7 Å². The van der Waals surface area contributed by atoms with Crippen LogP contribution in [0, 0.1) is 0 Å². The van der Waals surface area contributed by atoms with Crippen molar-refractivity contribution in [2.45, 2.75) is 25.2 Å². The second kappa shape index (κ2) is 10.4. The fraction of sp³-hybridized carbons (Fsp3) is 0.154. The summed E-state index contributed by atoms with van der Waals surface area (Å²) in [6.07, 6.45) is 4.36. The minimum Gasteiger partial charge on any atom is -0.494 e. The lowest BCUT2D eigenvalue weighted by Crippen LogP contribution is -2.18. The Morgan fingerprint density at radius 1 is 1.03 bits per heavy atom. The van der Waals surface area contributed by atoms with Gasteiger partial charge in [0.2, 0.25) is 0 Å². The molecular formula is C26H26N4O4S. The number of fused-ring (bicyclic) bond motifs is 1. The summed E-state index contributed by atoms with van der Waals surface area (Å²) in [4.78, 5) is 15.8. The van der Waals surface area contributed by atoms with Gasteiger partial charge in [-0.3, -0.25) is 9.52 Å². The van der Waals surface area contributed by atoms with Crippen LogP contribution in [0.25, 0.3) is 10.9 Å². The van der Waals surface area contributed by atoms with Crippen molar-refractivity contribution in [1.82, 2.24) is 10.4 Å². The van der Waals surface area contributed by atoms with Gasteiger partial charge in [0, 0.05) is 33.9 Å². The van der Waals surface area contributed by atoms with Gasteiger partial charge in [-0.25, -0.2) is 13.8 Å². The summed E-state index contributed by atoms with van der Waals surface area (Å²) < 4.78 is 33.1. The molecule has 1 amide bonds. The molecule has 0 unspecified atom stereocenters. The molecule has 0 saturated heterocycles. The number of hydrogen-bond acceptors (Lipinski definition) is 5. The van der Waals surface area contributed by atoms with Gasteiger partial charge < -0.3 is 9.72 Å². The zero-order valence-electron chi connectivity index (χ0n) is 19.4. The number of aromatic amines is 1. The summed E-state index contributed by atoms with van der Waals surface area (Å²) in [7, 11) is -3.77. The van der Waals surface area contributed by atoms with E-state index in [1.807, 2.05) is 25.3 Å². The molecule has 0 atom stereocenters. The van der Waals surface area contributed by atoms with Crippen molar-refractivity contribution in [2.75, 3.05) is 11.3 Å². The normalized spacial score (nSPS) is 11.6. The van der Waals surface area contributed by atoms with Crippen LogP contribution in [0.2, 0.25) is 0 Å². The Bertz CT molecular complexity index is 1460. The van der Waals surface area contributed by atoms with E-state index in [1.165, 1.54) is 42.0 Å². The SMILES string of the molecule is CCOc1ccc(S(=O)(=O)Nc2ccc(C(=O)N/N=C/c3c[nH]c4c(CC)cccc34)cc2)cc1. The second-order valence-electron chi connectivity index (χ2n) is 7.72. The highest BCUT2D eigenvalue weighted by Gasteiger charge is 2.15. The Morgan fingerprint density at radius 3 is 2.46 bits per heavy atom. The zero-order valence-corrected chi connectivity index (χ0v) is 20.2. The second-order valence-corrected chi connectivity index (χ2v) is 9.41. The minimum atomic E-state index is -3.77. The van der Waals surface area contributed by atoms with Gasteiger partial charge in [0.25, 0.3) is 15.9 Å². The van der Waals surface area contributed by atoms with E-state index in [4.69, 9.17) is 4.74 Å². The molecule has 9 heteroatoms. The number of carbonyl (C=O) groups excluding carboxylic acids is 1. The number of nitrogens with one attached hydrogen (secondary N) is 3. The van der Waals surface area contributed by atoms with Crippen molar-refractivity contribution in [3.05, 3.63) is 89.6 Å². The molecule has 3 aromatic carbocycles. The maximum Gasteiger partial charge on any atom is 0.271 e. The molecule has 0 radical (unpaired) electrons. The zero-order chi connectivity index (χ0) is 24.8. The van der Waals surface area contributed by atoms with E-state index in [9.17, 15) is 13.2 Å². The van der Waals surface area contributed by atoms with Crippen LogP contribution >= 0.6 is 0 Å². The number of hydrazone groups is 1. The Labute approximate surface area is 204 Å². The Kier molecular flexibility index (Phi) is 7.17. The average molecular weight is 491 g/mol. The van der Waals surface area contributed by atoms with E-state index in [2.05, 4.69) is 33.2 Å². The molecule has 4 rings (SSSR count). The van der Waals surface area contributed by atoms with Gasteiger partial charge >= 0.3 is 0 Å². The number of H-pyrrole nitrogens is 1. The van der Waals surface area contributed by atoms with Crippen LogP contribution in [0.3, 0.4) is 0 Å². The van der Waals surface area contributed by atoms with Crippen molar-refractivity contribution in [2.24, 2.45) is 5.10 Å². The number of hydrogen-bond donors (Lipinski definition) is 3. The number of amides is 1. The molecule has 0 aliphatic carbocycles. The predicted octanol–water partition coefficient (Wildman–Crippen LogP) is 4.69. The van der Waals surface area contributed by atoms with Gasteiger partial charge in [-0.05, 0) is 67.4 Å². The van der Waals surface area contributed by atoms with Gasteiger partial charge in [0.1, 0.15) is 5.75 Å². The van der Waals surface area contributed by atoms with Crippen LogP contribution in [0.5, 0.6) is 5.75 Å². The number of aromatic nitrogens is 1. The van der Waals surface area contributed by atoms with Gasteiger partial charge in [0.15, 0.2) is 0 Å². The van der Waals surface area contributed by atoms with E-state index >= 15 is 0 Å². The average Bonchev–Trinajstić information content (AvgIpc) is 3.28. The molecule has 35 heavy (non-hydrogen) atoms. The molecule has 1 aromatic heterocycles. The standard InChI is InChI=1S/C26H26N4O4S/c1-3-18-6-5-7-24-20(16-27-25(18)24)17-28-29-26(31)19-8-10-21(11-9-19)30-35(32,33)23-14-12-22(13-15-23)34-4-2/h5-17,27,30H,3-4H2,1-2H3,(H,29,31)/b28-17+. The van der Waals surface area contributed by atoms with E-state index in [0.717, 1.165) is 22.9 Å². The number of rotatable bonds is 9. The number of nitrogens with zero attached hydrogens (tertiary/aromatic N) is 1. The van der Waals surface area contributed by atoms with Crippen LogP contribution in [0.15, 0.2) is 82.9 Å². The number of aryl methyl sites for hydroxylation is 1. The number of para-hydroxylation sites is 1. The van der Waals surface area contributed by atoms with Crippen molar-refractivity contribution in [1.29, 1.82) is 0 Å². The first-order valence-electron chi connectivity index (χ1n) is 11.2. The minimum absolute atomic E-state index is 0.112. The fourth-order valence-corrected chi connectivity index (χ4v) is 4.71. The first kappa shape index (κ1) is 24.0. The maximum absolute atomic E-state index is 12.6. The molecular weight excluding hydrogens is 464 g/mol. The summed E-state index contributed by atoms with van der Waals surface area (Å²) in [5, 5.41) is 5.11. The number of benzene rings is 3. The smallest absolute Gasteiger partial charge is 0.271 e. The Morgan fingerprint density at radius 2 is 1.77 bits per heavy atom. The summed E-state index contributed by atoms with van der Waals surface area (Å²) in [6.45, 7) is 4.45. The lowest BCUT2D eigenvalue weighted by molar-refractivity contribution is 0.0955. The maximum atomic E-state index is 12.6. The van der Waals surface area contributed by atoms with E-state index in [0.29, 0.717) is 23.6 Å². The summed E-state index contributed by atoms with van der Waals surface area (Å²) in [5.74, 6) is 0.191. The van der Waals surface area contributed by atoms with Crippen molar-refractivity contribution >= 4 is 38.7 Å². The lowest BCUT2D eigenvalue weighted by Gasteiger charge is -2.09. The van der Waals surface area contributed by atoms with Crippen LogP contribution in [0.4, 0.5) is 5.69 Å². The van der Waals surface area contributed by atoms with E-state index in [1.54, 1.807) is 18.3 Å². The molecule has 1 heterocycles. The first-order valence-corrected chi connectivity index (χ1v) is 12.7. The van der Waals surface area contributed by atoms with Crippen molar-refractivity contribution < 1.29 is 17.9 Å². The van der Waals surface area contributed by atoms with Gasteiger partial charge in [-0.1, -0.05) is 25.1 Å². The topological polar surface area (TPSA) is 113 Å². The van der Waals surface area contributed by atoms with E-state index in [-0.39, 0.29) is 4.90 Å². The van der Waals surface area contributed by atoms with Crippen LogP contribution in [-0.2, 0) is 16.4 Å². The first-order chi connectivity index (χ1) is 16.9. The third-order valence-corrected chi connectivity index (χ3v) is 6.83. The third-order valence-electron chi connectivity index (χ3n) is 5.43. The molecule has 8 nitrogen and oxygen atoms in total.